The summed E-state index contributed by atoms with van der Waals surface area (Å²) in [7, 11) is -8.96. The van der Waals surface area contributed by atoms with E-state index in [0.29, 0.717) is 11.1 Å². The van der Waals surface area contributed by atoms with Crippen LogP contribution in [0.2, 0.25) is 0 Å². The van der Waals surface area contributed by atoms with Crippen molar-refractivity contribution in [2.45, 2.75) is 24.7 Å². The second kappa shape index (κ2) is 19.2. The predicted molar refractivity (Wildman–Crippen MR) is 253 cm³/mol. The maximum atomic E-state index is 16.2. The Morgan fingerprint density at radius 2 is 0.521 bits per heavy atom. The average Bonchev–Trinajstić information content (AvgIpc) is 3.36. The SMILES string of the molecule is O=P(c1ccc(C(F)(F)F)cc1)(c1ccc(C(F)(F)F)cc1)c1ccccc1C(=C=C(c1ccccc1)c1ccccc1P(=O)(c1ccc(C(F)(F)F)cc1)c1ccc(C(F)(F)F)cc1)c1ccccc1. The standard InChI is InChI=1S/C55H34F12O2P2/c56-52(57,58)38-19-27-42(28-20-38)70(68,43-29-21-39(22-30-43)53(59,60)61)50-17-9-7-15-46(50)48(36-11-3-1-4-12-36)35-49(37-13-5-2-6-14-37)47-16-8-10-18-51(47)71(69,44-31-23-40(24-32-44)54(62,63)64)45-33-25-41(26-34-45)55(65,66)67/h1-34H. The summed E-state index contributed by atoms with van der Waals surface area (Å²) < 4.78 is 199. The van der Waals surface area contributed by atoms with Crippen molar-refractivity contribution in [1.82, 2.24) is 0 Å². The van der Waals surface area contributed by atoms with E-state index in [1.807, 2.05) is 0 Å². The number of rotatable bonds is 10. The minimum absolute atomic E-state index is 0.0215. The van der Waals surface area contributed by atoms with Crippen molar-refractivity contribution in [2.24, 2.45) is 0 Å². The van der Waals surface area contributed by atoms with Gasteiger partial charge in [-0.2, -0.15) is 52.7 Å². The largest absolute Gasteiger partial charge is 0.416 e. The third-order valence-corrected chi connectivity index (χ3v) is 17.9. The Morgan fingerprint density at radius 1 is 0.296 bits per heavy atom. The minimum atomic E-state index is -4.80. The van der Waals surface area contributed by atoms with E-state index in [9.17, 15) is 52.7 Å². The Kier molecular flexibility index (Phi) is 13.6. The summed E-state index contributed by atoms with van der Waals surface area (Å²) in [6, 6.07) is 42.7. The molecule has 8 aromatic carbocycles. The highest BCUT2D eigenvalue weighted by molar-refractivity contribution is 7.86. The number of hydrogen-bond donors (Lipinski definition) is 0. The molecular weight excluding hydrogens is 983 g/mol. The van der Waals surface area contributed by atoms with Crippen LogP contribution in [0.1, 0.15) is 44.5 Å². The minimum Gasteiger partial charge on any atom is -0.309 e. The van der Waals surface area contributed by atoms with Crippen LogP contribution in [0.4, 0.5) is 52.7 Å². The molecule has 0 saturated heterocycles. The van der Waals surface area contributed by atoms with E-state index in [2.05, 4.69) is 5.73 Å². The summed E-state index contributed by atoms with van der Waals surface area (Å²) >= 11 is 0. The zero-order valence-corrected chi connectivity index (χ0v) is 38.2. The first-order valence-corrected chi connectivity index (χ1v) is 24.6. The second-order valence-corrected chi connectivity index (χ2v) is 21.5. The lowest BCUT2D eigenvalue weighted by Crippen LogP contribution is -2.28. The van der Waals surface area contributed by atoms with Crippen LogP contribution in [0.25, 0.3) is 11.1 Å². The molecule has 0 aliphatic rings. The fraction of sp³-hybridized carbons (Fsp3) is 0.0727. The predicted octanol–water partition coefficient (Wildman–Crippen LogP) is 14.2. The fourth-order valence-electron chi connectivity index (χ4n) is 8.14. The molecule has 2 nitrogen and oxygen atoms in total. The molecule has 0 bridgehead atoms. The molecular formula is C55H34F12O2P2. The van der Waals surface area contributed by atoms with Gasteiger partial charge in [-0.25, -0.2) is 0 Å². The first-order chi connectivity index (χ1) is 33.5. The quantitative estimate of drug-likeness (QED) is 0.0777. The van der Waals surface area contributed by atoms with Gasteiger partial charge in [0, 0.05) is 54.1 Å². The Balaban J connectivity index is 1.48. The van der Waals surface area contributed by atoms with Crippen LogP contribution < -0.4 is 31.8 Å². The van der Waals surface area contributed by atoms with Gasteiger partial charge in [-0.1, -0.05) is 158 Å². The first-order valence-electron chi connectivity index (χ1n) is 21.2. The maximum absolute atomic E-state index is 16.2. The Morgan fingerprint density at radius 3 is 0.761 bits per heavy atom. The molecule has 16 heteroatoms. The molecule has 0 heterocycles. The van der Waals surface area contributed by atoms with Crippen molar-refractivity contribution in [1.29, 1.82) is 0 Å². The number of benzene rings is 8. The molecule has 0 atom stereocenters. The lowest BCUT2D eigenvalue weighted by Gasteiger charge is -2.25. The van der Waals surface area contributed by atoms with Gasteiger partial charge in [0.05, 0.1) is 22.3 Å². The zero-order chi connectivity index (χ0) is 51.0. The molecule has 0 aliphatic heterocycles. The molecule has 0 fully saturated rings. The van der Waals surface area contributed by atoms with Crippen LogP contribution in [0.3, 0.4) is 0 Å². The summed E-state index contributed by atoms with van der Waals surface area (Å²) in [6.45, 7) is 0. The second-order valence-electron chi connectivity index (χ2n) is 16.0. The van der Waals surface area contributed by atoms with Crippen LogP contribution in [0.5, 0.6) is 0 Å². The van der Waals surface area contributed by atoms with Crippen LogP contribution >= 0.6 is 14.3 Å². The van der Waals surface area contributed by atoms with E-state index < -0.39 is 61.2 Å². The highest BCUT2D eigenvalue weighted by atomic mass is 31.2. The number of halogens is 12. The summed E-state index contributed by atoms with van der Waals surface area (Å²) in [4.78, 5) is 0. The average molecular weight is 1020 g/mol. The summed E-state index contributed by atoms with van der Waals surface area (Å²) in [5.41, 5.74) is 0.647. The van der Waals surface area contributed by atoms with Gasteiger partial charge in [-0.05, 0) is 59.7 Å². The molecule has 0 aliphatic carbocycles. The fourth-order valence-corrected chi connectivity index (χ4v) is 13.8. The number of alkyl halides is 12. The van der Waals surface area contributed by atoms with Gasteiger partial charge >= 0.3 is 24.7 Å². The Labute approximate surface area is 399 Å². The smallest absolute Gasteiger partial charge is 0.309 e. The third kappa shape index (κ3) is 10.2. The zero-order valence-electron chi connectivity index (χ0n) is 36.4. The number of hydrogen-bond acceptors (Lipinski definition) is 2. The van der Waals surface area contributed by atoms with Crippen molar-refractivity contribution in [2.75, 3.05) is 0 Å². The van der Waals surface area contributed by atoms with E-state index in [-0.39, 0.29) is 54.1 Å². The molecule has 0 N–H and O–H groups in total. The van der Waals surface area contributed by atoms with Crippen molar-refractivity contribution >= 4 is 57.3 Å². The Bertz CT molecular complexity index is 3010. The van der Waals surface area contributed by atoms with Gasteiger partial charge in [0.2, 0.25) is 0 Å². The van der Waals surface area contributed by atoms with E-state index in [0.717, 1.165) is 97.1 Å². The van der Waals surface area contributed by atoms with Crippen molar-refractivity contribution in [3.63, 3.8) is 0 Å². The van der Waals surface area contributed by atoms with Crippen molar-refractivity contribution in [3.05, 3.63) is 256 Å². The molecule has 8 aromatic rings. The van der Waals surface area contributed by atoms with Gasteiger partial charge in [0.1, 0.15) is 0 Å². The Hall–Kier alpha value is -7.10. The molecule has 360 valence electrons. The van der Waals surface area contributed by atoms with Gasteiger partial charge < -0.3 is 9.13 Å². The molecule has 0 spiro atoms. The molecule has 0 unspecified atom stereocenters. The van der Waals surface area contributed by atoms with Crippen molar-refractivity contribution in [3.8, 4) is 0 Å². The van der Waals surface area contributed by atoms with Gasteiger partial charge in [-0.15, -0.1) is 5.73 Å². The molecule has 0 radical (unpaired) electrons. The first kappa shape index (κ1) is 50.3. The molecule has 0 aromatic heterocycles. The lowest BCUT2D eigenvalue weighted by molar-refractivity contribution is -0.138. The monoisotopic (exact) mass is 1020 g/mol. The molecule has 0 amide bonds. The normalized spacial score (nSPS) is 12.6. The molecule has 8 rings (SSSR count). The summed E-state index contributed by atoms with van der Waals surface area (Å²) in [5.74, 6) is 0. The van der Waals surface area contributed by atoms with Crippen LogP contribution in [0.15, 0.2) is 212 Å². The maximum Gasteiger partial charge on any atom is 0.416 e. The van der Waals surface area contributed by atoms with E-state index in [1.54, 1.807) is 84.9 Å². The topological polar surface area (TPSA) is 34.1 Å². The van der Waals surface area contributed by atoms with E-state index in [4.69, 9.17) is 0 Å². The van der Waals surface area contributed by atoms with E-state index in [1.165, 1.54) is 24.3 Å². The van der Waals surface area contributed by atoms with Crippen LogP contribution in [-0.2, 0) is 33.8 Å². The van der Waals surface area contributed by atoms with Gasteiger partial charge in [0.25, 0.3) is 0 Å². The third-order valence-electron chi connectivity index (χ3n) is 11.6. The lowest BCUT2D eigenvalue weighted by atomic mass is 9.93. The highest BCUT2D eigenvalue weighted by Crippen LogP contribution is 2.49. The summed E-state index contributed by atoms with van der Waals surface area (Å²) in [5, 5.41) is -0.666. The van der Waals surface area contributed by atoms with Crippen LogP contribution in [-0.4, -0.2) is 0 Å². The van der Waals surface area contributed by atoms with Gasteiger partial charge in [-0.3, -0.25) is 0 Å². The molecule has 0 saturated carbocycles. The van der Waals surface area contributed by atoms with E-state index >= 15 is 9.13 Å². The molecule has 71 heavy (non-hydrogen) atoms. The van der Waals surface area contributed by atoms with Gasteiger partial charge in [0.15, 0.2) is 14.3 Å². The highest BCUT2D eigenvalue weighted by Gasteiger charge is 2.39. The van der Waals surface area contributed by atoms with Crippen molar-refractivity contribution < 1.29 is 61.8 Å². The summed E-state index contributed by atoms with van der Waals surface area (Å²) in [6.07, 6.45) is -19.2. The van der Waals surface area contributed by atoms with Crippen LogP contribution in [0, 0.1) is 0 Å².